The third-order valence-electron chi connectivity index (χ3n) is 6.59. The van der Waals surface area contributed by atoms with Gasteiger partial charge in [-0.15, -0.1) is 0 Å². The fourth-order valence-corrected chi connectivity index (χ4v) is 4.61. The number of amides is 2. The zero-order valence-corrected chi connectivity index (χ0v) is 20.1. The average molecular weight is 505 g/mol. The van der Waals surface area contributed by atoms with Crippen LogP contribution in [0.1, 0.15) is 54.2 Å². The van der Waals surface area contributed by atoms with Gasteiger partial charge in [-0.05, 0) is 49.3 Å². The number of alkyl halides is 3. The van der Waals surface area contributed by atoms with E-state index in [1.165, 1.54) is 0 Å². The molecule has 0 spiro atoms. The molecule has 1 fully saturated rings. The van der Waals surface area contributed by atoms with Crippen molar-refractivity contribution in [3.8, 4) is 11.3 Å². The quantitative estimate of drug-likeness (QED) is 0.516. The number of hydrogen-bond donors (Lipinski definition) is 2. The van der Waals surface area contributed by atoms with E-state index in [9.17, 15) is 22.8 Å². The van der Waals surface area contributed by atoms with E-state index in [4.69, 9.17) is 0 Å². The second kappa shape index (κ2) is 10.1. The fraction of sp³-hybridized carbons (Fsp3) is 0.458. The van der Waals surface area contributed by atoms with Crippen LogP contribution < -0.4 is 10.6 Å². The van der Waals surface area contributed by atoms with E-state index in [1.54, 1.807) is 29.2 Å². The molecule has 1 unspecified atom stereocenters. The molecule has 0 aromatic carbocycles. The third-order valence-corrected chi connectivity index (χ3v) is 6.59. The van der Waals surface area contributed by atoms with E-state index in [2.05, 4.69) is 37.3 Å². The highest BCUT2D eigenvalue weighted by Crippen LogP contribution is 2.33. The minimum Gasteiger partial charge on any atom is -0.363 e. The summed E-state index contributed by atoms with van der Waals surface area (Å²) in [5, 5.41) is 12.3. The Kier molecular flexibility index (Phi) is 7.14. The second-order valence-electron chi connectivity index (χ2n) is 9.27. The van der Waals surface area contributed by atoms with Gasteiger partial charge in [0.15, 0.2) is 5.69 Å². The lowest BCUT2D eigenvalue weighted by Crippen LogP contribution is -2.49. The smallest absolute Gasteiger partial charge is 0.363 e. The summed E-state index contributed by atoms with van der Waals surface area (Å²) in [5.41, 5.74) is 0.467. The van der Waals surface area contributed by atoms with Crippen molar-refractivity contribution in [2.45, 2.75) is 51.7 Å². The molecule has 1 aliphatic rings. The van der Waals surface area contributed by atoms with Crippen LogP contribution in [0.15, 0.2) is 35.3 Å². The van der Waals surface area contributed by atoms with Crippen LogP contribution in [-0.4, -0.2) is 37.8 Å². The predicted octanol–water partition coefficient (Wildman–Crippen LogP) is 4.36. The fourth-order valence-electron chi connectivity index (χ4n) is 4.61. The number of hydrogen-bond acceptors (Lipinski definition) is 6. The van der Waals surface area contributed by atoms with Gasteiger partial charge in [0.1, 0.15) is 23.7 Å². The number of nitrogens with zero attached hydrogens (tertiary/aromatic N) is 4. The summed E-state index contributed by atoms with van der Waals surface area (Å²) in [6.45, 7) is 4.03. The first-order valence-electron chi connectivity index (χ1n) is 11.6. The second-order valence-corrected chi connectivity index (χ2v) is 9.27. The highest BCUT2D eigenvalue weighted by Gasteiger charge is 2.41. The molecule has 1 saturated carbocycles. The molecule has 12 heteroatoms. The van der Waals surface area contributed by atoms with Crippen molar-refractivity contribution < 1.29 is 27.3 Å². The minimum atomic E-state index is -4.87. The molecular weight excluding hydrogens is 477 g/mol. The van der Waals surface area contributed by atoms with Crippen LogP contribution in [-0.2, 0) is 18.0 Å². The zero-order valence-electron chi connectivity index (χ0n) is 20.1. The van der Waals surface area contributed by atoms with Gasteiger partial charge in [-0.25, -0.2) is 4.98 Å². The SMILES string of the molecule is Cc1cnn(C)c1-c1ccc(NC(=O)C(NC(=O)c2conc2C(F)(F)F)C2CCC(C)CC2)nc1. The topological polar surface area (TPSA) is 115 Å². The summed E-state index contributed by atoms with van der Waals surface area (Å²) in [6, 6.07) is 2.36. The summed E-state index contributed by atoms with van der Waals surface area (Å²) in [4.78, 5) is 30.3. The molecule has 1 atom stereocenters. The van der Waals surface area contributed by atoms with Crippen molar-refractivity contribution >= 4 is 17.6 Å². The standard InChI is InChI=1S/C24H27F3N6O3/c1-13-4-6-15(7-5-13)19(31-22(34)17-12-36-32-21(17)24(25,26)27)23(35)30-18-9-8-16(11-28-18)20-14(2)10-29-33(20)3/h8-13,15,19H,4-7H2,1-3H3,(H,31,34)(H,28,30,35). The van der Waals surface area contributed by atoms with Crippen LogP contribution in [0, 0.1) is 18.8 Å². The van der Waals surface area contributed by atoms with Gasteiger partial charge >= 0.3 is 6.18 Å². The first-order chi connectivity index (χ1) is 17.0. The van der Waals surface area contributed by atoms with Gasteiger partial charge in [0.2, 0.25) is 5.91 Å². The molecule has 3 heterocycles. The lowest BCUT2D eigenvalue weighted by atomic mass is 9.79. The summed E-state index contributed by atoms with van der Waals surface area (Å²) in [5.74, 6) is -1.13. The van der Waals surface area contributed by atoms with E-state index in [1.807, 2.05) is 14.0 Å². The van der Waals surface area contributed by atoms with Crippen molar-refractivity contribution in [2.75, 3.05) is 5.32 Å². The Balaban J connectivity index is 1.53. The molecule has 3 aromatic heterocycles. The van der Waals surface area contributed by atoms with Crippen LogP contribution in [0.5, 0.6) is 0 Å². The number of aryl methyl sites for hydroxylation is 2. The Labute approximate surface area is 205 Å². The maximum atomic E-state index is 13.3. The Bertz CT molecular complexity index is 1210. The Morgan fingerprint density at radius 2 is 1.89 bits per heavy atom. The van der Waals surface area contributed by atoms with Crippen molar-refractivity contribution in [2.24, 2.45) is 18.9 Å². The van der Waals surface area contributed by atoms with Crippen LogP contribution >= 0.6 is 0 Å². The Morgan fingerprint density at radius 1 is 1.17 bits per heavy atom. The average Bonchev–Trinajstić information content (AvgIpc) is 3.46. The van der Waals surface area contributed by atoms with Crippen molar-refractivity contribution in [3.05, 3.63) is 47.6 Å². The van der Waals surface area contributed by atoms with Crippen LogP contribution in [0.4, 0.5) is 19.0 Å². The lowest BCUT2D eigenvalue weighted by Gasteiger charge is -2.32. The molecule has 192 valence electrons. The number of nitrogens with one attached hydrogen (secondary N) is 2. The molecule has 3 aromatic rings. The number of carbonyl (C=O) groups is 2. The molecular formula is C24H27F3N6O3. The van der Waals surface area contributed by atoms with Crippen LogP contribution in [0.3, 0.4) is 0 Å². The maximum Gasteiger partial charge on any atom is 0.437 e. The number of carbonyl (C=O) groups excluding carboxylic acids is 2. The van der Waals surface area contributed by atoms with E-state index in [-0.39, 0.29) is 11.7 Å². The first kappa shape index (κ1) is 25.4. The van der Waals surface area contributed by atoms with Gasteiger partial charge in [0.25, 0.3) is 5.91 Å². The lowest BCUT2D eigenvalue weighted by molar-refractivity contribution is -0.143. The molecule has 9 nitrogen and oxygen atoms in total. The molecule has 2 N–H and O–H groups in total. The third kappa shape index (κ3) is 5.42. The predicted molar refractivity (Wildman–Crippen MR) is 124 cm³/mol. The molecule has 2 amide bonds. The molecule has 4 rings (SSSR count). The molecule has 0 bridgehead atoms. The normalized spacial score (nSPS) is 19.1. The van der Waals surface area contributed by atoms with Gasteiger partial charge in [-0.1, -0.05) is 24.9 Å². The highest BCUT2D eigenvalue weighted by atomic mass is 19.4. The van der Waals surface area contributed by atoms with E-state index in [0.717, 1.165) is 29.7 Å². The van der Waals surface area contributed by atoms with Crippen molar-refractivity contribution in [3.63, 3.8) is 0 Å². The molecule has 0 saturated heterocycles. The van der Waals surface area contributed by atoms with Gasteiger partial charge in [-0.2, -0.15) is 18.3 Å². The molecule has 0 radical (unpaired) electrons. The van der Waals surface area contributed by atoms with Gasteiger partial charge in [-0.3, -0.25) is 14.3 Å². The minimum absolute atomic E-state index is 0.240. The monoisotopic (exact) mass is 504 g/mol. The zero-order chi connectivity index (χ0) is 26.0. The van der Waals surface area contributed by atoms with E-state index in [0.29, 0.717) is 25.0 Å². The summed E-state index contributed by atoms with van der Waals surface area (Å²) >= 11 is 0. The number of rotatable bonds is 6. The number of anilines is 1. The van der Waals surface area contributed by atoms with Gasteiger partial charge in [0.05, 0.1) is 11.9 Å². The van der Waals surface area contributed by atoms with Crippen LogP contribution in [0.2, 0.25) is 0 Å². The van der Waals surface area contributed by atoms with Crippen molar-refractivity contribution in [1.82, 2.24) is 25.2 Å². The number of halogens is 3. The number of aromatic nitrogens is 4. The molecule has 1 aliphatic carbocycles. The summed E-state index contributed by atoms with van der Waals surface area (Å²) in [6.07, 6.45) is 2.12. The summed E-state index contributed by atoms with van der Waals surface area (Å²) in [7, 11) is 1.82. The molecule has 0 aliphatic heterocycles. The van der Waals surface area contributed by atoms with Gasteiger partial charge in [0, 0.05) is 18.8 Å². The van der Waals surface area contributed by atoms with Crippen molar-refractivity contribution in [1.29, 1.82) is 0 Å². The Morgan fingerprint density at radius 3 is 2.47 bits per heavy atom. The van der Waals surface area contributed by atoms with Crippen LogP contribution in [0.25, 0.3) is 11.3 Å². The number of pyridine rings is 1. The van der Waals surface area contributed by atoms with E-state index < -0.39 is 35.3 Å². The largest absolute Gasteiger partial charge is 0.437 e. The van der Waals surface area contributed by atoms with Gasteiger partial charge < -0.3 is 15.2 Å². The first-order valence-corrected chi connectivity index (χ1v) is 11.6. The molecule has 36 heavy (non-hydrogen) atoms. The van der Waals surface area contributed by atoms with E-state index >= 15 is 0 Å². The summed E-state index contributed by atoms with van der Waals surface area (Å²) < 4.78 is 45.8. The maximum absolute atomic E-state index is 13.3. The highest BCUT2D eigenvalue weighted by molar-refractivity contribution is 6.01. The Hall–Kier alpha value is -3.70.